The minimum Gasteiger partial charge on any atom is -0.370 e. The molecule has 3 saturated carbocycles. The molecule has 0 aromatic rings. The van der Waals surface area contributed by atoms with Gasteiger partial charge in [-0.05, 0) is 36.5 Å². The lowest BCUT2D eigenvalue weighted by Crippen LogP contribution is -2.53. The van der Waals surface area contributed by atoms with Gasteiger partial charge in [-0.15, -0.1) is 0 Å². The Morgan fingerprint density at radius 1 is 1.18 bits per heavy atom. The molecule has 1 heteroatoms. The van der Waals surface area contributed by atoms with Crippen LogP contribution in [0, 0.1) is 17.3 Å². The van der Waals surface area contributed by atoms with Gasteiger partial charge < -0.3 is 4.74 Å². The SMILES string of the molecule is CC1(C)C2CC1CC1(CO1)C2. The predicted molar refractivity (Wildman–Crippen MR) is 43.3 cm³/mol. The molecule has 3 aliphatic carbocycles. The molecule has 2 atom stereocenters. The van der Waals surface area contributed by atoms with E-state index in [0.717, 1.165) is 18.4 Å². The molecule has 1 aliphatic heterocycles. The lowest BCUT2D eigenvalue weighted by Gasteiger charge is -2.58. The molecule has 0 N–H and O–H groups in total. The van der Waals surface area contributed by atoms with Crippen molar-refractivity contribution < 1.29 is 4.74 Å². The van der Waals surface area contributed by atoms with E-state index in [0.29, 0.717) is 11.0 Å². The molecule has 0 aromatic heterocycles. The van der Waals surface area contributed by atoms with Crippen LogP contribution in [0.25, 0.3) is 0 Å². The highest BCUT2D eigenvalue weighted by molar-refractivity contribution is 5.11. The summed E-state index contributed by atoms with van der Waals surface area (Å²) in [5, 5.41) is 0. The summed E-state index contributed by atoms with van der Waals surface area (Å²) in [6.45, 7) is 5.93. The smallest absolute Gasteiger partial charge is 0.0922 e. The van der Waals surface area contributed by atoms with Crippen LogP contribution in [0.1, 0.15) is 33.1 Å². The Balaban J connectivity index is 1.85. The Morgan fingerprint density at radius 2 is 1.73 bits per heavy atom. The molecule has 2 bridgehead atoms. The molecule has 1 spiro atoms. The fourth-order valence-electron chi connectivity index (χ4n) is 3.14. The third kappa shape index (κ3) is 0.658. The fourth-order valence-corrected chi connectivity index (χ4v) is 3.14. The molecule has 1 saturated heterocycles. The molecule has 0 amide bonds. The second kappa shape index (κ2) is 1.52. The van der Waals surface area contributed by atoms with Gasteiger partial charge in [0.25, 0.3) is 0 Å². The summed E-state index contributed by atoms with van der Waals surface area (Å²) >= 11 is 0. The number of hydrogen-bond donors (Lipinski definition) is 0. The van der Waals surface area contributed by atoms with Gasteiger partial charge in [0.05, 0.1) is 12.2 Å². The summed E-state index contributed by atoms with van der Waals surface area (Å²) in [5.41, 5.74) is 1.06. The normalized spacial score (nSPS) is 57.3. The summed E-state index contributed by atoms with van der Waals surface area (Å²) in [6.07, 6.45) is 4.20. The molecule has 0 radical (unpaired) electrons. The summed E-state index contributed by atoms with van der Waals surface area (Å²) in [7, 11) is 0. The second-order valence-electron chi connectivity index (χ2n) is 5.33. The summed E-state index contributed by atoms with van der Waals surface area (Å²) in [4.78, 5) is 0. The van der Waals surface area contributed by atoms with Gasteiger partial charge in [-0.1, -0.05) is 13.8 Å². The van der Waals surface area contributed by atoms with E-state index in [-0.39, 0.29) is 0 Å². The lowest BCUT2D eigenvalue weighted by atomic mass is 9.46. The molecule has 1 heterocycles. The van der Waals surface area contributed by atoms with E-state index in [9.17, 15) is 0 Å². The van der Waals surface area contributed by atoms with E-state index in [2.05, 4.69) is 13.8 Å². The number of ether oxygens (including phenoxy) is 1. The summed E-state index contributed by atoms with van der Waals surface area (Å²) in [6, 6.07) is 0. The maximum absolute atomic E-state index is 5.53. The van der Waals surface area contributed by atoms with Crippen LogP contribution >= 0.6 is 0 Å². The van der Waals surface area contributed by atoms with E-state index >= 15 is 0 Å². The van der Waals surface area contributed by atoms with Crippen LogP contribution in [-0.4, -0.2) is 12.2 Å². The van der Waals surface area contributed by atoms with Crippen molar-refractivity contribution in [3.05, 3.63) is 0 Å². The fraction of sp³-hybridized carbons (Fsp3) is 1.00. The highest BCUT2D eigenvalue weighted by Crippen LogP contribution is 2.65. The van der Waals surface area contributed by atoms with E-state index in [1.807, 2.05) is 0 Å². The van der Waals surface area contributed by atoms with Crippen LogP contribution in [0.4, 0.5) is 0 Å². The van der Waals surface area contributed by atoms with Crippen molar-refractivity contribution in [2.24, 2.45) is 17.3 Å². The van der Waals surface area contributed by atoms with Crippen LogP contribution in [0.15, 0.2) is 0 Å². The summed E-state index contributed by atoms with van der Waals surface area (Å²) in [5.74, 6) is 1.95. The highest BCUT2D eigenvalue weighted by Gasteiger charge is 2.62. The second-order valence-corrected chi connectivity index (χ2v) is 5.33. The lowest BCUT2D eigenvalue weighted by molar-refractivity contribution is -0.0976. The minimum absolute atomic E-state index is 0.406. The van der Waals surface area contributed by atoms with Gasteiger partial charge in [-0.3, -0.25) is 0 Å². The van der Waals surface area contributed by atoms with E-state index in [1.54, 1.807) is 0 Å². The van der Waals surface area contributed by atoms with E-state index < -0.39 is 0 Å². The van der Waals surface area contributed by atoms with Crippen LogP contribution in [-0.2, 0) is 4.74 Å². The molecule has 4 aliphatic rings. The Kier molecular flexibility index (Phi) is 0.893. The first-order chi connectivity index (χ1) is 5.12. The average Bonchev–Trinajstić information content (AvgIpc) is 2.69. The zero-order valence-electron chi connectivity index (χ0n) is 7.39. The van der Waals surface area contributed by atoms with Crippen molar-refractivity contribution in [2.45, 2.75) is 38.7 Å². The standard InChI is InChI=1S/C10H16O/c1-9(2)7-3-8(9)5-10(4-7)6-11-10/h7-8H,3-6H2,1-2H3. The van der Waals surface area contributed by atoms with Gasteiger partial charge in [0, 0.05) is 0 Å². The molecule has 62 valence electrons. The zero-order chi connectivity index (χ0) is 7.69. The van der Waals surface area contributed by atoms with Crippen LogP contribution in [0.3, 0.4) is 0 Å². The predicted octanol–water partition coefficient (Wildman–Crippen LogP) is 2.21. The first-order valence-corrected chi connectivity index (χ1v) is 4.76. The van der Waals surface area contributed by atoms with Crippen molar-refractivity contribution in [1.82, 2.24) is 0 Å². The van der Waals surface area contributed by atoms with Gasteiger partial charge in [0.1, 0.15) is 0 Å². The van der Waals surface area contributed by atoms with E-state index in [1.165, 1.54) is 19.3 Å². The van der Waals surface area contributed by atoms with Crippen molar-refractivity contribution in [3.8, 4) is 0 Å². The zero-order valence-corrected chi connectivity index (χ0v) is 7.39. The van der Waals surface area contributed by atoms with Gasteiger partial charge >= 0.3 is 0 Å². The topological polar surface area (TPSA) is 12.5 Å². The Bertz CT molecular complexity index is 187. The van der Waals surface area contributed by atoms with Crippen molar-refractivity contribution in [2.75, 3.05) is 6.61 Å². The van der Waals surface area contributed by atoms with Crippen molar-refractivity contribution in [1.29, 1.82) is 0 Å². The molecule has 4 fully saturated rings. The van der Waals surface area contributed by atoms with Crippen molar-refractivity contribution in [3.63, 3.8) is 0 Å². The monoisotopic (exact) mass is 152 g/mol. The van der Waals surface area contributed by atoms with Gasteiger partial charge in [0.2, 0.25) is 0 Å². The van der Waals surface area contributed by atoms with Gasteiger partial charge in [-0.25, -0.2) is 0 Å². The summed E-state index contributed by atoms with van der Waals surface area (Å²) < 4.78 is 5.53. The van der Waals surface area contributed by atoms with Gasteiger partial charge in [0.15, 0.2) is 0 Å². The first kappa shape index (κ1) is 6.47. The van der Waals surface area contributed by atoms with Gasteiger partial charge in [-0.2, -0.15) is 0 Å². The Labute approximate surface area is 68.1 Å². The molecule has 1 nitrogen and oxygen atoms in total. The maximum atomic E-state index is 5.53. The quantitative estimate of drug-likeness (QED) is 0.485. The van der Waals surface area contributed by atoms with Crippen LogP contribution < -0.4 is 0 Å². The average molecular weight is 152 g/mol. The van der Waals surface area contributed by atoms with Crippen LogP contribution in [0.5, 0.6) is 0 Å². The van der Waals surface area contributed by atoms with Crippen molar-refractivity contribution >= 4 is 0 Å². The van der Waals surface area contributed by atoms with E-state index in [4.69, 9.17) is 4.74 Å². The molecule has 0 aromatic carbocycles. The van der Waals surface area contributed by atoms with Crippen LogP contribution in [0.2, 0.25) is 0 Å². The molecular weight excluding hydrogens is 136 g/mol. The Morgan fingerprint density at radius 3 is 2.09 bits per heavy atom. The highest BCUT2D eigenvalue weighted by atomic mass is 16.6. The molecular formula is C10H16O. The Hall–Kier alpha value is -0.0400. The third-order valence-electron chi connectivity index (χ3n) is 4.46. The number of rotatable bonds is 0. The minimum atomic E-state index is 0.406. The molecule has 11 heavy (non-hydrogen) atoms. The number of epoxide rings is 1. The molecule has 4 rings (SSSR count). The maximum Gasteiger partial charge on any atom is 0.0922 e. The largest absolute Gasteiger partial charge is 0.370 e. The first-order valence-electron chi connectivity index (χ1n) is 4.76. The molecule has 2 unspecified atom stereocenters. The third-order valence-corrected chi connectivity index (χ3v) is 4.46. The number of hydrogen-bond acceptors (Lipinski definition) is 1.